The van der Waals surface area contributed by atoms with Crippen LogP contribution in [0.1, 0.15) is 12.0 Å². The fourth-order valence-electron chi connectivity index (χ4n) is 3.95. The van der Waals surface area contributed by atoms with Crippen LogP contribution in [-0.2, 0) is 13.1 Å². The van der Waals surface area contributed by atoms with Crippen molar-refractivity contribution < 1.29 is 9.50 Å². The molecule has 1 saturated heterocycles. The number of fused-ring (bicyclic) bond motifs is 1. The average Bonchev–Trinajstić information content (AvgIpc) is 2.74. The van der Waals surface area contributed by atoms with Crippen molar-refractivity contribution in [1.29, 1.82) is 0 Å². The molecule has 2 atom stereocenters. The SMILES string of the molecule is O=c1ccc2ncc(F)cc2n1CCN1CC[C@H](NCc2ccc(Cl)c(Cl)c2)C(O)C1. The molecule has 2 aromatic heterocycles. The van der Waals surface area contributed by atoms with E-state index in [1.807, 2.05) is 12.1 Å². The van der Waals surface area contributed by atoms with Crippen molar-refractivity contribution in [2.45, 2.75) is 31.7 Å². The number of halogens is 3. The van der Waals surface area contributed by atoms with Crippen molar-refractivity contribution in [3.8, 4) is 0 Å². The highest BCUT2D eigenvalue weighted by Gasteiger charge is 2.27. The van der Waals surface area contributed by atoms with Crippen LogP contribution in [0.25, 0.3) is 11.0 Å². The summed E-state index contributed by atoms with van der Waals surface area (Å²) in [5.41, 5.74) is 1.86. The lowest BCUT2D eigenvalue weighted by Gasteiger charge is -2.36. The van der Waals surface area contributed by atoms with Crippen molar-refractivity contribution in [3.63, 3.8) is 0 Å². The Bertz CT molecular complexity index is 1140. The highest BCUT2D eigenvalue weighted by atomic mass is 35.5. The largest absolute Gasteiger partial charge is 0.390 e. The highest BCUT2D eigenvalue weighted by Crippen LogP contribution is 2.23. The molecule has 1 aliphatic heterocycles. The molecule has 0 spiro atoms. The second-order valence-corrected chi connectivity index (χ2v) is 8.59. The first-order chi connectivity index (χ1) is 14.9. The molecule has 1 fully saturated rings. The van der Waals surface area contributed by atoms with E-state index in [0.29, 0.717) is 47.3 Å². The van der Waals surface area contributed by atoms with Crippen LogP contribution < -0.4 is 10.9 Å². The molecule has 2 N–H and O–H groups in total. The monoisotopic (exact) mass is 464 g/mol. The van der Waals surface area contributed by atoms with E-state index in [4.69, 9.17) is 23.2 Å². The fraction of sp³-hybridized carbons (Fsp3) is 0.364. The highest BCUT2D eigenvalue weighted by molar-refractivity contribution is 6.42. The molecule has 3 aromatic rings. The smallest absolute Gasteiger partial charge is 0.251 e. The van der Waals surface area contributed by atoms with Crippen LogP contribution in [0.5, 0.6) is 0 Å². The molecule has 0 aliphatic carbocycles. The summed E-state index contributed by atoms with van der Waals surface area (Å²) in [6.07, 6.45) is 1.37. The maximum Gasteiger partial charge on any atom is 0.251 e. The maximum absolute atomic E-state index is 13.6. The molecule has 6 nitrogen and oxygen atoms in total. The molecular formula is C22H23Cl2FN4O2. The molecule has 0 radical (unpaired) electrons. The lowest BCUT2D eigenvalue weighted by atomic mass is 10.0. The zero-order valence-corrected chi connectivity index (χ0v) is 18.3. The zero-order valence-electron chi connectivity index (χ0n) is 16.8. The predicted octanol–water partition coefficient (Wildman–Crippen LogP) is 3.07. The van der Waals surface area contributed by atoms with Gasteiger partial charge in [-0.2, -0.15) is 0 Å². The lowest BCUT2D eigenvalue weighted by molar-refractivity contribution is 0.0385. The van der Waals surface area contributed by atoms with Crippen molar-refractivity contribution >= 4 is 34.2 Å². The minimum Gasteiger partial charge on any atom is -0.390 e. The summed E-state index contributed by atoms with van der Waals surface area (Å²) in [6.45, 7) is 2.83. The normalized spacial score (nSPS) is 19.7. The molecule has 3 heterocycles. The van der Waals surface area contributed by atoms with Crippen molar-refractivity contribution in [3.05, 3.63) is 74.4 Å². The van der Waals surface area contributed by atoms with Gasteiger partial charge in [0.15, 0.2) is 0 Å². The van der Waals surface area contributed by atoms with E-state index < -0.39 is 11.9 Å². The minimum atomic E-state index is -0.542. The van der Waals surface area contributed by atoms with Crippen molar-refractivity contribution in [2.75, 3.05) is 19.6 Å². The van der Waals surface area contributed by atoms with Crippen LogP contribution in [0, 0.1) is 5.82 Å². The van der Waals surface area contributed by atoms with E-state index in [-0.39, 0.29) is 11.6 Å². The number of nitrogens with one attached hydrogen (secondary N) is 1. The number of aliphatic hydroxyl groups is 1. The Morgan fingerprint density at radius 2 is 2.00 bits per heavy atom. The van der Waals surface area contributed by atoms with Gasteiger partial charge in [-0.1, -0.05) is 29.3 Å². The number of nitrogens with zero attached hydrogens (tertiary/aromatic N) is 3. The molecule has 1 aromatic carbocycles. The quantitative estimate of drug-likeness (QED) is 0.586. The van der Waals surface area contributed by atoms with E-state index in [2.05, 4.69) is 15.2 Å². The number of β-amino-alcohol motifs (C(OH)–C–C–N with tert-alkyl or cyclic N) is 1. The minimum absolute atomic E-state index is 0.0377. The van der Waals surface area contributed by atoms with Gasteiger partial charge >= 0.3 is 0 Å². The van der Waals surface area contributed by atoms with Gasteiger partial charge in [0.25, 0.3) is 5.56 Å². The summed E-state index contributed by atoms with van der Waals surface area (Å²) in [5, 5.41) is 15.0. The first kappa shape index (κ1) is 22.2. The summed E-state index contributed by atoms with van der Waals surface area (Å²) < 4.78 is 15.2. The third-order valence-electron chi connectivity index (χ3n) is 5.66. The topological polar surface area (TPSA) is 70.4 Å². The first-order valence-corrected chi connectivity index (χ1v) is 10.9. The number of hydrogen-bond donors (Lipinski definition) is 2. The van der Waals surface area contributed by atoms with Crippen molar-refractivity contribution in [1.82, 2.24) is 19.8 Å². The molecule has 1 aliphatic rings. The molecule has 164 valence electrons. The van der Waals surface area contributed by atoms with Crippen LogP contribution in [0.3, 0.4) is 0 Å². The van der Waals surface area contributed by atoms with E-state index in [1.165, 1.54) is 16.7 Å². The third-order valence-corrected chi connectivity index (χ3v) is 6.40. The summed E-state index contributed by atoms with van der Waals surface area (Å²) in [6, 6.07) is 9.82. The van der Waals surface area contributed by atoms with Gasteiger partial charge in [-0.25, -0.2) is 4.39 Å². The summed E-state index contributed by atoms with van der Waals surface area (Å²) in [7, 11) is 0. The number of likely N-dealkylation sites (tertiary alicyclic amines) is 1. The number of aromatic nitrogens is 2. The molecule has 9 heteroatoms. The van der Waals surface area contributed by atoms with Crippen LogP contribution in [0.15, 0.2) is 47.4 Å². The lowest BCUT2D eigenvalue weighted by Crippen LogP contribution is -2.53. The Morgan fingerprint density at radius 3 is 2.77 bits per heavy atom. The van der Waals surface area contributed by atoms with Gasteiger partial charge in [-0.15, -0.1) is 0 Å². The number of rotatable bonds is 6. The fourth-order valence-corrected chi connectivity index (χ4v) is 4.27. The summed E-state index contributed by atoms with van der Waals surface area (Å²) in [5.74, 6) is -0.476. The predicted molar refractivity (Wildman–Crippen MR) is 120 cm³/mol. The molecule has 1 unspecified atom stereocenters. The third kappa shape index (κ3) is 5.25. The molecule has 0 saturated carbocycles. The molecule has 31 heavy (non-hydrogen) atoms. The van der Waals surface area contributed by atoms with Crippen LogP contribution in [-0.4, -0.2) is 51.3 Å². The summed E-state index contributed by atoms with van der Waals surface area (Å²) in [4.78, 5) is 18.5. The molecular weight excluding hydrogens is 442 g/mol. The zero-order chi connectivity index (χ0) is 22.0. The second kappa shape index (κ2) is 9.63. The van der Waals surface area contributed by atoms with Gasteiger partial charge < -0.3 is 15.0 Å². The van der Waals surface area contributed by atoms with Crippen molar-refractivity contribution in [2.24, 2.45) is 0 Å². The van der Waals surface area contributed by atoms with Crippen LogP contribution in [0.4, 0.5) is 4.39 Å². The van der Waals surface area contributed by atoms with E-state index in [0.717, 1.165) is 24.7 Å². The Balaban J connectivity index is 1.34. The van der Waals surface area contributed by atoms with E-state index >= 15 is 0 Å². The Labute approximate surface area is 189 Å². The maximum atomic E-state index is 13.6. The molecule has 4 rings (SSSR count). The summed E-state index contributed by atoms with van der Waals surface area (Å²) >= 11 is 12.0. The number of pyridine rings is 2. The van der Waals surface area contributed by atoms with Gasteiger partial charge in [-0.05, 0) is 36.7 Å². The van der Waals surface area contributed by atoms with Gasteiger partial charge in [0, 0.05) is 44.4 Å². The Hall–Kier alpha value is -2.03. The van der Waals surface area contributed by atoms with E-state index in [9.17, 15) is 14.3 Å². The van der Waals surface area contributed by atoms with Crippen LogP contribution in [0.2, 0.25) is 10.0 Å². The molecule has 0 amide bonds. The Kier molecular flexibility index (Phi) is 6.89. The van der Waals surface area contributed by atoms with Gasteiger partial charge in [-0.3, -0.25) is 14.7 Å². The van der Waals surface area contributed by atoms with Gasteiger partial charge in [0.2, 0.25) is 0 Å². The molecule has 0 bridgehead atoms. The number of aliphatic hydroxyl groups excluding tert-OH is 1. The first-order valence-electron chi connectivity index (χ1n) is 10.1. The second-order valence-electron chi connectivity index (χ2n) is 7.77. The van der Waals surface area contributed by atoms with Gasteiger partial charge in [0.1, 0.15) is 5.82 Å². The number of piperidine rings is 1. The number of benzene rings is 1. The Morgan fingerprint density at radius 1 is 1.16 bits per heavy atom. The average molecular weight is 465 g/mol. The number of hydrogen-bond acceptors (Lipinski definition) is 5. The van der Waals surface area contributed by atoms with E-state index in [1.54, 1.807) is 12.1 Å². The van der Waals surface area contributed by atoms with Crippen LogP contribution >= 0.6 is 23.2 Å². The van der Waals surface area contributed by atoms with Gasteiger partial charge in [0.05, 0.1) is 33.4 Å². The standard InChI is InChI=1S/C22H23Cl2FN4O2/c23-16-2-1-14(9-17(16)24)11-26-19-5-6-28(13-21(19)30)7-8-29-20-10-15(25)12-27-18(20)3-4-22(29)31/h1-4,9-10,12,19,21,26,30H,5-8,11,13H2/t19-,21?/m0/s1.